The molecule has 10 heteroatoms. The second kappa shape index (κ2) is 11.5. The first kappa shape index (κ1) is 26.7. The first-order valence-corrected chi connectivity index (χ1v) is 12.5. The number of fused-ring (bicyclic) bond motifs is 1. The van der Waals surface area contributed by atoms with Gasteiger partial charge < -0.3 is 9.47 Å². The van der Waals surface area contributed by atoms with E-state index in [0.717, 1.165) is 28.6 Å². The Bertz CT molecular complexity index is 1640. The van der Waals surface area contributed by atoms with Crippen molar-refractivity contribution in [3.8, 4) is 0 Å². The first-order chi connectivity index (χ1) is 19.3. The summed E-state index contributed by atoms with van der Waals surface area (Å²) in [6.45, 7) is 0.612. The third-order valence-electron chi connectivity index (χ3n) is 6.40. The van der Waals surface area contributed by atoms with Crippen LogP contribution in [0.4, 0.5) is 13.2 Å². The molecule has 0 N–H and O–H groups in total. The average molecular weight is 543 g/mol. The molecule has 0 aliphatic carbocycles. The predicted octanol–water partition coefficient (Wildman–Crippen LogP) is 5.78. The monoisotopic (exact) mass is 542 g/mol. The molecule has 5 rings (SSSR count). The number of carbonyl (C=O) groups is 1. The summed E-state index contributed by atoms with van der Waals surface area (Å²) in [7, 11) is 1.71. The molecule has 2 heterocycles. The zero-order chi connectivity index (χ0) is 28.1. The fourth-order valence-electron chi connectivity index (χ4n) is 4.33. The van der Waals surface area contributed by atoms with E-state index in [2.05, 4.69) is 20.2 Å². The molecule has 0 saturated carbocycles. The molecule has 40 heavy (non-hydrogen) atoms. The van der Waals surface area contributed by atoms with Crippen molar-refractivity contribution in [1.82, 2.24) is 24.6 Å². The lowest BCUT2D eigenvalue weighted by atomic mass is 10.1. The van der Waals surface area contributed by atoms with Gasteiger partial charge in [0, 0.05) is 25.2 Å². The van der Waals surface area contributed by atoms with Crippen molar-refractivity contribution >= 4 is 23.0 Å². The Morgan fingerprint density at radius 3 is 2.38 bits per heavy atom. The number of rotatable bonds is 8. The number of carbonyl (C=O) groups excluding carboxylic acids is 1. The minimum absolute atomic E-state index is 0.0589. The molecular weight excluding hydrogens is 517 g/mol. The summed E-state index contributed by atoms with van der Waals surface area (Å²) < 4.78 is 41.1. The molecule has 0 bridgehead atoms. The van der Waals surface area contributed by atoms with E-state index in [0.29, 0.717) is 23.4 Å². The van der Waals surface area contributed by atoms with Crippen molar-refractivity contribution in [2.24, 2.45) is 4.99 Å². The minimum atomic E-state index is -4.44. The van der Waals surface area contributed by atoms with Crippen molar-refractivity contribution in [2.75, 3.05) is 7.05 Å². The number of benzene rings is 3. The summed E-state index contributed by atoms with van der Waals surface area (Å²) in [5.41, 5.74) is 2.67. The van der Waals surface area contributed by atoms with Gasteiger partial charge >= 0.3 is 6.18 Å². The van der Waals surface area contributed by atoms with Crippen molar-refractivity contribution < 1.29 is 18.0 Å². The smallest absolute Gasteiger partial charge is 0.325 e. The summed E-state index contributed by atoms with van der Waals surface area (Å²) in [5, 5.41) is 9.19. The van der Waals surface area contributed by atoms with Crippen molar-refractivity contribution in [1.29, 1.82) is 0 Å². The fourth-order valence-corrected chi connectivity index (χ4v) is 4.33. The lowest BCUT2D eigenvalue weighted by Crippen LogP contribution is -2.32. The molecule has 0 fully saturated rings. The molecule has 3 aromatic carbocycles. The minimum Gasteiger partial charge on any atom is -0.325 e. The van der Waals surface area contributed by atoms with E-state index in [1.807, 2.05) is 59.2 Å². The summed E-state index contributed by atoms with van der Waals surface area (Å²) in [6.07, 6.45) is -1.09. The molecule has 1 amide bonds. The van der Waals surface area contributed by atoms with Crippen LogP contribution >= 0.6 is 0 Å². The maximum absolute atomic E-state index is 13.7. The molecule has 0 radical (unpaired) electrons. The topological polar surface area (TPSA) is 76.3 Å². The molecule has 2 aromatic heterocycles. The number of alkyl halides is 3. The number of para-hydroxylation sites is 1. The van der Waals surface area contributed by atoms with Crippen LogP contribution in [0.1, 0.15) is 38.6 Å². The number of hydrogen-bond donors (Lipinski definition) is 0. The highest BCUT2D eigenvalue weighted by Crippen LogP contribution is 2.29. The van der Waals surface area contributed by atoms with E-state index in [9.17, 15) is 18.0 Å². The zero-order valence-electron chi connectivity index (χ0n) is 21.6. The highest BCUT2D eigenvalue weighted by molar-refractivity contribution is 5.94. The van der Waals surface area contributed by atoms with E-state index >= 15 is 0 Å². The van der Waals surface area contributed by atoms with Gasteiger partial charge in [-0.05, 0) is 41.0 Å². The molecule has 7 nitrogen and oxygen atoms in total. The van der Waals surface area contributed by atoms with Gasteiger partial charge in [-0.25, -0.2) is 4.98 Å². The molecule has 5 aromatic rings. The van der Waals surface area contributed by atoms with Crippen LogP contribution in [-0.2, 0) is 25.8 Å². The third kappa shape index (κ3) is 6.23. The number of aromatic nitrogens is 4. The molecular formula is C30H25F3N6O. The molecule has 0 saturated heterocycles. The average Bonchev–Trinajstić information content (AvgIpc) is 3.39. The Kier molecular flexibility index (Phi) is 7.68. The van der Waals surface area contributed by atoms with Crippen LogP contribution in [0.15, 0.2) is 96.2 Å². The van der Waals surface area contributed by atoms with E-state index in [-0.39, 0.29) is 24.7 Å². The zero-order valence-corrected chi connectivity index (χ0v) is 21.6. The van der Waals surface area contributed by atoms with Crippen LogP contribution in [-0.4, -0.2) is 43.8 Å². The Morgan fingerprint density at radius 2 is 1.65 bits per heavy atom. The largest absolute Gasteiger partial charge is 0.416 e. The normalized spacial score (nSPS) is 11.8. The van der Waals surface area contributed by atoms with Crippen LogP contribution in [0.2, 0.25) is 0 Å². The van der Waals surface area contributed by atoms with E-state index in [1.54, 1.807) is 25.7 Å². The summed E-state index contributed by atoms with van der Waals surface area (Å²) in [5.74, 6) is 0.156. The highest BCUT2D eigenvalue weighted by atomic mass is 19.4. The standard InChI is InChI=1S/C30H25F3N6O/c1-34-16-21-6-8-22(9-7-21)18-39-20-35-37-28(39)19-38(17-23-10-13-25(14-11-23)30(31,32)33)29(40)27-15-12-24-4-2-3-5-26(24)36-27/h2-16,20H,17-19H2,1H3. The number of halogens is 3. The van der Waals surface area contributed by atoms with Gasteiger partial charge in [0.05, 0.1) is 24.2 Å². The number of amides is 1. The van der Waals surface area contributed by atoms with Crippen LogP contribution in [0, 0.1) is 0 Å². The van der Waals surface area contributed by atoms with Crippen LogP contribution in [0.25, 0.3) is 10.9 Å². The Morgan fingerprint density at radius 1 is 0.925 bits per heavy atom. The van der Waals surface area contributed by atoms with E-state index in [4.69, 9.17) is 0 Å². The van der Waals surface area contributed by atoms with Gasteiger partial charge in [0.2, 0.25) is 0 Å². The van der Waals surface area contributed by atoms with Crippen molar-refractivity contribution in [2.45, 2.75) is 25.8 Å². The number of hydrogen-bond acceptors (Lipinski definition) is 5. The quantitative estimate of drug-likeness (QED) is 0.233. The highest BCUT2D eigenvalue weighted by Gasteiger charge is 2.30. The maximum Gasteiger partial charge on any atom is 0.416 e. The van der Waals surface area contributed by atoms with Gasteiger partial charge in [0.25, 0.3) is 5.91 Å². The third-order valence-corrected chi connectivity index (χ3v) is 6.40. The Labute approximate surface area is 228 Å². The number of nitrogens with zero attached hydrogens (tertiary/aromatic N) is 6. The van der Waals surface area contributed by atoms with E-state index in [1.165, 1.54) is 17.0 Å². The Hall–Kier alpha value is -4.86. The summed E-state index contributed by atoms with van der Waals surface area (Å²) in [6, 6.07) is 23.6. The number of pyridine rings is 1. The summed E-state index contributed by atoms with van der Waals surface area (Å²) >= 11 is 0. The van der Waals surface area contributed by atoms with Crippen molar-refractivity contribution in [3.05, 3.63) is 125 Å². The maximum atomic E-state index is 13.7. The van der Waals surface area contributed by atoms with Gasteiger partial charge in [-0.1, -0.05) is 60.7 Å². The molecule has 0 aliphatic rings. The van der Waals surface area contributed by atoms with Gasteiger partial charge in [-0.15, -0.1) is 10.2 Å². The predicted molar refractivity (Wildman–Crippen MR) is 146 cm³/mol. The van der Waals surface area contributed by atoms with Gasteiger partial charge in [0.1, 0.15) is 12.0 Å². The van der Waals surface area contributed by atoms with Crippen molar-refractivity contribution in [3.63, 3.8) is 0 Å². The van der Waals surface area contributed by atoms with Crippen LogP contribution in [0.3, 0.4) is 0 Å². The van der Waals surface area contributed by atoms with Crippen LogP contribution in [0.5, 0.6) is 0 Å². The van der Waals surface area contributed by atoms with Gasteiger partial charge in [0.15, 0.2) is 5.82 Å². The molecule has 0 unspecified atom stereocenters. The lowest BCUT2D eigenvalue weighted by Gasteiger charge is -2.23. The molecule has 0 aliphatic heterocycles. The summed E-state index contributed by atoms with van der Waals surface area (Å²) in [4.78, 5) is 23.8. The fraction of sp³-hybridized carbons (Fsp3) is 0.167. The second-order valence-corrected chi connectivity index (χ2v) is 9.25. The molecule has 202 valence electrons. The van der Waals surface area contributed by atoms with Gasteiger partial charge in [-0.3, -0.25) is 9.79 Å². The number of aliphatic imine (C=N–C) groups is 1. The van der Waals surface area contributed by atoms with E-state index < -0.39 is 11.7 Å². The lowest BCUT2D eigenvalue weighted by molar-refractivity contribution is -0.137. The SMILES string of the molecule is CN=Cc1ccc(Cn2cnnc2CN(Cc2ccc(C(F)(F)F)cc2)C(=O)c2ccc3ccccc3n2)cc1. The molecule has 0 spiro atoms. The first-order valence-electron chi connectivity index (χ1n) is 12.5. The second-order valence-electron chi connectivity index (χ2n) is 9.25. The Balaban J connectivity index is 1.43. The molecule has 0 atom stereocenters. The van der Waals surface area contributed by atoms with Crippen LogP contribution < -0.4 is 0 Å². The van der Waals surface area contributed by atoms with Gasteiger partial charge in [-0.2, -0.15) is 13.2 Å².